The Morgan fingerprint density at radius 3 is 2.55 bits per heavy atom. The molecule has 2 aromatic heterocycles. The number of hydrogen-bond donors (Lipinski definition) is 0. The summed E-state index contributed by atoms with van der Waals surface area (Å²) in [7, 11) is 0. The van der Waals surface area contributed by atoms with E-state index < -0.39 is 23.5 Å². The predicted molar refractivity (Wildman–Crippen MR) is 67.5 cm³/mol. The zero-order valence-electron chi connectivity index (χ0n) is 11.4. The number of fused-ring (bicyclic) bond motifs is 1. The normalized spacial score (nSPS) is 10.9. The van der Waals surface area contributed by atoms with E-state index in [1.165, 1.54) is 31.3 Å². The summed E-state index contributed by atoms with van der Waals surface area (Å²) in [6, 6.07) is 4.36. The Kier molecular flexibility index (Phi) is 5.12. The molecule has 0 saturated carbocycles. The molecule has 0 radical (unpaired) electrons. The molecule has 0 spiro atoms. The van der Waals surface area contributed by atoms with Gasteiger partial charge in [0.15, 0.2) is 11.4 Å². The van der Waals surface area contributed by atoms with Gasteiger partial charge < -0.3 is 4.74 Å². The van der Waals surface area contributed by atoms with E-state index in [0.717, 1.165) is 4.40 Å². The summed E-state index contributed by atoms with van der Waals surface area (Å²) in [4.78, 5) is 15.1. The molecular formula is C13H15F3N2O2. The highest BCUT2D eigenvalue weighted by molar-refractivity contribution is 5.90. The molecule has 0 N–H and O–H groups in total. The lowest BCUT2D eigenvalue weighted by atomic mass is 10.3. The molecule has 0 fully saturated rings. The zero-order valence-corrected chi connectivity index (χ0v) is 11.4. The van der Waals surface area contributed by atoms with Crippen molar-refractivity contribution in [3.05, 3.63) is 35.8 Å². The van der Waals surface area contributed by atoms with Crippen LogP contribution in [0.2, 0.25) is 0 Å². The largest absolute Gasteiger partial charge is 0.461 e. The summed E-state index contributed by atoms with van der Waals surface area (Å²) in [6.45, 7) is 5.50. The molecule has 0 amide bonds. The first-order valence-corrected chi connectivity index (χ1v) is 6.16. The molecule has 0 aliphatic carbocycles. The fourth-order valence-electron chi connectivity index (χ4n) is 1.61. The molecule has 0 saturated heterocycles. The fraction of sp³-hybridized carbons (Fsp3) is 0.385. The minimum atomic E-state index is -4.68. The summed E-state index contributed by atoms with van der Waals surface area (Å²) in [5.74, 6) is -1.08. The summed E-state index contributed by atoms with van der Waals surface area (Å²) in [5.41, 5.74) is -1.78. The van der Waals surface area contributed by atoms with Crippen LogP contribution in [0.3, 0.4) is 0 Å². The lowest BCUT2D eigenvalue weighted by Gasteiger charge is -2.08. The van der Waals surface area contributed by atoms with Crippen LogP contribution in [0.1, 0.15) is 37.0 Å². The van der Waals surface area contributed by atoms with E-state index in [0.29, 0.717) is 0 Å². The van der Waals surface area contributed by atoms with Crippen LogP contribution in [0.4, 0.5) is 13.2 Å². The lowest BCUT2D eigenvalue weighted by molar-refractivity contribution is -0.142. The number of ether oxygens (including phenoxy) is 1. The molecule has 0 atom stereocenters. The van der Waals surface area contributed by atoms with Gasteiger partial charge in [0.25, 0.3) is 0 Å². The van der Waals surface area contributed by atoms with Crippen molar-refractivity contribution in [2.75, 3.05) is 6.61 Å². The predicted octanol–water partition coefficient (Wildman–Crippen LogP) is 3.56. The van der Waals surface area contributed by atoms with Gasteiger partial charge in [0.1, 0.15) is 5.65 Å². The van der Waals surface area contributed by atoms with Gasteiger partial charge in [-0.15, -0.1) is 0 Å². The third kappa shape index (κ3) is 3.09. The van der Waals surface area contributed by atoms with Gasteiger partial charge in [-0.05, 0) is 19.1 Å². The molecule has 0 aromatic carbocycles. The summed E-state index contributed by atoms with van der Waals surface area (Å²) in [6.07, 6.45) is -3.48. The van der Waals surface area contributed by atoms with Gasteiger partial charge in [-0.2, -0.15) is 13.2 Å². The minimum absolute atomic E-state index is 0.00992. The van der Waals surface area contributed by atoms with E-state index in [1.807, 2.05) is 13.8 Å². The van der Waals surface area contributed by atoms with Crippen molar-refractivity contribution in [1.29, 1.82) is 0 Å². The van der Waals surface area contributed by atoms with Gasteiger partial charge in [-0.3, -0.25) is 4.40 Å². The van der Waals surface area contributed by atoms with Crippen LogP contribution in [0.15, 0.2) is 24.4 Å². The number of esters is 1. The maximum Gasteiger partial charge on any atom is 0.434 e. The van der Waals surface area contributed by atoms with Crippen LogP contribution < -0.4 is 0 Å². The first-order chi connectivity index (χ1) is 9.45. The van der Waals surface area contributed by atoms with Crippen molar-refractivity contribution in [2.24, 2.45) is 0 Å². The molecule has 0 aliphatic rings. The smallest absolute Gasteiger partial charge is 0.434 e. The maximum atomic E-state index is 12.9. The standard InChI is InChI=1S/C11H9F3N2O2.C2H6/c1-2-18-10(17)8-9(11(12,13)14)16-6-4-3-5-7(16)15-8;1-2/h3-6H,2H2,1H3;1-2H3. The molecule has 7 heteroatoms. The van der Waals surface area contributed by atoms with Crippen molar-refractivity contribution in [3.8, 4) is 0 Å². The van der Waals surface area contributed by atoms with Crippen LogP contribution in [0.5, 0.6) is 0 Å². The van der Waals surface area contributed by atoms with E-state index in [4.69, 9.17) is 0 Å². The Morgan fingerprint density at radius 2 is 2.00 bits per heavy atom. The number of pyridine rings is 1. The molecule has 2 heterocycles. The molecule has 110 valence electrons. The molecule has 2 rings (SSSR count). The van der Waals surface area contributed by atoms with Crippen LogP contribution >= 0.6 is 0 Å². The van der Waals surface area contributed by atoms with Crippen LogP contribution in [0.25, 0.3) is 5.65 Å². The van der Waals surface area contributed by atoms with E-state index in [-0.39, 0.29) is 12.3 Å². The monoisotopic (exact) mass is 288 g/mol. The van der Waals surface area contributed by atoms with Gasteiger partial charge in [-0.25, -0.2) is 9.78 Å². The first kappa shape index (κ1) is 16.0. The first-order valence-electron chi connectivity index (χ1n) is 6.16. The van der Waals surface area contributed by atoms with Crippen molar-refractivity contribution in [3.63, 3.8) is 0 Å². The van der Waals surface area contributed by atoms with E-state index in [2.05, 4.69) is 9.72 Å². The number of alkyl halides is 3. The number of rotatable bonds is 2. The second-order valence-electron chi connectivity index (χ2n) is 3.46. The van der Waals surface area contributed by atoms with Crippen molar-refractivity contribution in [2.45, 2.75) is 26.9 Å². The molecule has 0 bridgehead atoms. The Bertz CT molecular complexity index is 591. The van der Waals surface area contributed by atoms with Gasteiger partial charge in [0.05, 0.1) is 6.61 Å². The average molecular weight is 288 g/mol. The number of carbonyl (C=O) groups excluding carboxylic acids is 1. The quantitative estimate of drug-likeness (QED) is 0.794. The number of halogens is 3. The van der Waals surface area contributed by atoms with Crippen molar-refractivity contribution < 1.29 is 22.7 Å². The highest BCUT2D eigenvalue weighted by Crippen LogP contribution is 2.32. The van der Waals surface area contributed by atoms with Gasteiger partial charge in [0, 0.05) is 6.20 Å². The maximum absolute atomic E-state index is 12.9. The average Bonchev–Trinajstić information content (AvgIpc) is 2.80. The summed E-state index contributed by atoms with van der Waals surface area (Å²) >= 11 is 0. The second kappa shape index (κ2) is 6.40. The SMILES string of the molecule is CC.CCOC(=O)c1nc2ccccn2c1C(F)(F)F. The van der Waals surface area contributed by atoms with Crippen LogP contribution in [-0.2, 0) is 10.9 Å². The Hall–Kier alpha value is -2.05. The van der Waals surface area contributed by atoms with Gasteiger partial charge in [-0.1, -0.05) is 19.9 Å². The third-order valence-electron chi connectivity index (χ3n) is 2.27. The van der Waals surface area contributed by atoms with Crippen molar-refractivity contribution in [1.82, 2.24) is 9.38 Å². The van der Waals surface area contributed by atoms with E-state index in [9.17, 15) is 18.0 Å². The number of carbonyl (C=O) groups is 1. The Balaban J connectivity index is 0.000000956. The second-order valence-corrected chi connectivity index (χ2v) is 3.46. The van der Waals surface area contributed by atoms with Crippen molar-refractivity contribution >= 4 is 11.6 Å². The number of imidazole rings is 1. The molecule has 2 aromatic rings. The highest BCUT2D eigenvalue weighted by Gasteiger charge is 2.40. The highest BCUT2D eigenvalue weighted by atomic mass is 19.4. The van der Waals surface area contributed by atoms with E-state index in [1.54, 1.807) is 0 Å². The molecule has 4 nitrogen and oxygen atoms in total. The van der Waals surface area contributed by atoms with Gasteiger partial charge >= 0.3 is 12.1 Å². The molecule has 0 unspecified atom stereocenters. The zero-order chi connectivity index (χ0) is 15.3. The summed E-state index contributed by atoms with van der Waals surface area (Å²) in [5, 5.41) is 0. The fourth-order valence-corrected chi connectivity index (χ4v) is 1.61. The molecular weight excluding hydrogens is 273 g/mol. The molecule has 0 aliphatic heterocycles. The minimum Gasteiger partial charge on any atom is -0.461 e. The van der Waals surface area contributed by atoms with E-state index >= 15 is 0 Å². The van der Waals surface area contributed by atoms with Crippen LogP contribution in [0, 0.1) is 0 Å². The summed E-state index contributed by atoms with van der Waals surface area (Å²) < 4.78 is 44.2. The van der Waals surface area contributed by atoms with Crippen LogP contribution in [-0.4, -0.2) is 22.0 Å². The topological polar surface area (TPSA) is 43.6 Å². The molecule has 20 heavy (non-hydrogen) atoms. The Labute approximate surface area is 114 Å². The number of hydrogen-bond acceptors (Lipinski definition) is 3. The van der Waals surface area contributed by atoms with Gasteiger partial charge in [0.2, 0.25) is 0 Å². The number of nitrogens with zero attached hydrogens (tertiary/aromatic N) is 2. The third-order valence-corrected chi connectivity index (χ3v) is 2.27. The Morgan fingerprint density at radius 1 is 1.35 bits per heavy atom. The lowest BCUT2D eigenvalue weighted by Crippen LogP contribution is -2.16. The number of aromatic nitrogens is 2.